The van der Waals surface area contributed by atoms with Gasteiger partial charge in [-0.2, -0.15) is 0 Å². The van der Waals surface area contributed by atoms with Gasteiger partial charge in [-0.15, -0.1) is 11.3 Å². The van der Waals surface area contributed by atoms with E-state index in [2.05, 4.69) is 33.0 Å². The second-order valence-electron chi connectivity index (χ2n) is 2.83. The highest BCUT2D eigenvalue weighted by atomic mass is 79.9. The van der Waals surface area contributed by atoms with E-state index in [1.165, 1.54) is 5.56 Å². The third-order valence-corrected chi connectivity index (χ3v) is 3.40. The standard InChI is InChI=1S/C10H9BrN2S/c11-8-3-1-2-7(4-8)9-6-13-10(5-12)14-9/h1-4,6H,5,12H2. The molecule has 0 radical (unpaired) electrons. The molecule has 2 nitrogen and oxygen atoms in total. The molecular formula is C10H9BrN2S. The number of benzene rings is 1. The van der Waals surface area contributed by atoms with Gasteiger partial charge < -0.3 is 5.73 Å². The Labute approximate surface area is 94.9 Å². The van der Waals surface area contributed by atoms with Crippen LogP contribution >= 0.6 is 27.3 Å². The summed E-state index contributed by atoms with van der Waals surface area (Å²) in [5.41, 5.74) is 6.69. The predicted octanol–water partition coefficient (Wildman–Crippen LogP) is 3.03. The van der Waals surface area contributed by atoms with Crippen molar-refractivity contribution in [3.63, 3.8) is 0 Å². The average Bonchev–Trinajstić information content (AvgIpc) is 2.66. The van der Waals surface area contributed by atoms with Crippen molar-refractivity contribution >= 4 is 27.3 Å². The van der Waals surface area contributed by atoms with Crippen molar-refractivity contribution in [2.75, 3.05) is 0 Å². The van der Waals surface area contributed by atoms with E-state index in [-0.39, 0.29) is 0 Å². The summed E-state index contributed by atoms with van der Waals surface area (Å²) in [5.74, 6) is 0. The Morgan fingerprint density at radius 1 is 1.43 bits per heavy atom. The van der Waals surface area contributed by atoms with E-state index in [1.807, 2.05) is 18.3 Å². The average molecular weight is 269 g/mol. The van der Waals surface area contributed by atoms with Crippen LogP contribution in [0.15, 0.2) is 34.9 Å². The minimum atomic E-state index is 0.513. The molecule has 1 aromatic carbocycles. The van der Waals surface area contributed by atoms with E-state index < -0.39 is 0 Å². The van der Waals surface area contributed by atoms with Gasteiger partial charge in [0, 0.05) is 17.2 Å². The maximum Gasteiger partial charge on any atom is 0.107 e. The van der Waals surface area contributed by atoms with Gasteiger partial charge in [-0.1, -0.05) is 28.1 Å². The molecule has 0 unspecified atom stereocenters. The molecule has 1 aromatic heterocycles. The van der Waals surface area contributed by atoms with Crippen LogP contribution in [-0.2, 0) is 6.54 Å². The molecule has 72 valence electrons. The van der Waals surface area contributed by atoms with E-state index in [9.17, 15) is 0 Å². The van der Waals surface area contributed by atoms with Gasteiger partial charge in [0.1, 0.15) is 5.01 Å². The number of hydrogen-bond acceptors (Lipinski definition) is 3. The molecule has 2 aromatic rings. The summed E-state index contributed by atoms with van der Waals surface area (Å²) in [6.07, 6.45) is 1.87. The summed E-state index contributed by atoms with van der Waals surface area (Å²) in [7, 11) is 0. The van der Waals surface area contributed by atoms with Gasteiger partial charge in [0.15, 0.2) is 0 Å². The van der Waals surface area contributed by atoms with Gasteiger partial charge in [-0.3, -0.25) is 0 Å². The Balaban J connectivity index is 2.39. The first kappa shape index (κ1) is 9.83. The van der Waals surface area contributed by atoms with Crippen molar-refractivity contribution in [3.8, 4) is 10.4 Å². The Morgan fingerprint density at radius 2 is 2.29 bits per heavy atom. The maximum atomic E-state index is 5.51. The van der Waals surface area contributed by atoms with Crippen molar-refractivity contribution in [2.24, 2.45) is 5.73 Å². The van der Waals surface area contributed by atoms with Crippen LogP contribution in [0, 0.1) is 0 Å². The summed E-state index contributed by atoms with van der Waals surface area (Å²) >= 11 is 5.08. The smallest absolute Gasteiger partial charge is 0.107 e. The molecule has 0 aliphatic carbocycles. The lowest BCUT2D eigenvalue weighted by Crippen LogP contribution is -1.93. The molecule has 0 fully saturated rings. The van der Waals surface area contributed by atoms with E-state index in [0.29, 0.717) is 6.54 Å². The molecule has 1 heterocycles. The van der Waals surface area contributed by atoms with E-state index >= 15 is 0 Å². The van der Waals surface area contributed by atoms with E-state index in [0.717, 1.165) is 14.4 Å². The molecule has 0 spiro atoms. The van der Waals surface area contributed by atoms with E-state index in [4.69, 9.17) is 5.73 Å². The number of thiazole rings is 1. The lowest BCUT2D eigenvalue weighted by Gasteiger charge is -1.96. The predicted molar refractivity (Wildman–Crippen MR) is 63.1 cm³/mol. The fraction of sp³-hybridized carbons (Fsp3) is 0.100. The zero-order valence-corrected chi connectivity index (χ0v) is 9.81. The monoisotopic (exact) mass is 268 g/mol. The van der Waals surface area contributed by atoms with Crippen molar-refractivity contribution in [1.82, 2.24) is 4.98 Å². The first-order valence-electron chi connectivity index (χ1n) is 4.20. The summed E-state index contributed by atoms with van der Waals surface area (Å²) < 4.78 is 1.08. The molecule has 0 atom stereocenters. The van der Waals surface area contributed by atoms with Gasteiger partial charge in [-0.05, 0) is 17.7 Å². The molecule has 0 saturated carbocycles. The summed E-state index contributed by atoms with van der Waals surface area (Å²) in [5, 5.41) is 0.972. The van der Waals surface area contributed by atoms with Crippen molar-refractivity contribution in [1.29, 1.82) is 0 Å². The third-order valence-electron chi connectivity index (χ3n) is 1.84. The summed E-state index contributed by atoms with van der Waals surface area (Å²) in [6.45, 7) is 0.513. The van der Waals surface area contributed by atoms with Crippen molar-refractivity contribution < 1.29 is 0 Å². The van der Waals surface area contributed by atoms with Crippen LogP contribution in [0.25, 0.3) is 10.4 Å². The quantitative estimate of drug-likeness (QED) is 0.910. The highest BCUT2D eigenvalue weighted by Gasteiger charge is 2.02. The van der Waals surface area contributed by atoms with Crippen molar-refractivity contribution in [3.05, 3.63) is 39.9 Å². The third kappa shape index (κ3) is 2.03. The van der Waals surface area contributed by atoms with E-state index in [1.54, 1.807) is 11.3 Å². The molecule has 14 heavy (non-hydrogen) atoms. The summed E-state index contributed by atoms with van der Waals surface area (Å²) in [6, 6.07) is 8.17. The molecule has 4 heteroatoms. The van der Waals surface area contributed by atoms with Crippen LogP contribution < -0.4 is 5.73 Å². The molecule has 0 bridgehead atoms. The fourth-order valence-electron chi connectivity index (χ4n) is 1.18. The van der Waals surface area contributed by atoms with Crippen LogP contribution in [0.4, 0.5) is 0 Å². The number of aromatic nitrogens is 1. The van der Waals surface area contributed by atoms with Gasteiger partial charge in [0.05, 0.1) is 4.88 Å². The molecule has 0 amide bonds. The lowest BCUT2D eigenvalue weighted by molar-refractivity contribution is 1.04. The normalized spacial score (nSPS) is 10.4. The SMILES string of the molecule is NCc1ncc(-c2cccc(Br)c2)s1. The Bertz CT molecular complexity index is 439. The maximum absolute atomic E-state index is 5.51. The first-order valence-corrected chi connectivity index (χ1v) is 5.81. The largest absolute Gasteiger partial charge is 0.325 e. The minimum Gasteiger partial charge on any atom is -0.325 e. The first-order chi connectivity index (χ1) is 6.79. The van der Waals surface area contributed by atoms with Crippen LogP contribution in [0.2, 0.25) is 0 Å². The molecule has 0 aliphatic heterocycles. The Hall–Kier alpha value is -0.710. The van der Waals surface area contributed by atoms with Gasteiger partial charge in [0.25, 0.3) is 0 Å². The van der Waals surface area contributed by atoms with Gasteiger partial charge >= 0.3 is 0 Å². The fourth-order valence-corrected chi connectivity index (χ4v) is 2.37. The zero-order chi connectivity index (χ0) is 9.97. The highest BCUT2D eigenvalue weighted by Crippen LogP contribution is 2.27. The molecule has 0 saturated heterocycles. The lowest BCUT2D eigenvalue weighted by atomic mass is 10.2. The number of halogens is 1. The summed E-state index contributed by atoms with van der Waals surface area (Å²) in [4.78, 5) is 5.38. The number of nitrogens with zero attached hydrogens (tertiary/aromatic N) is 1. The van der Waals surface area contributed by atoms with Crippen LogP contribution in [-0.4, -0.2) is 4.98 Å². The number of nitrogens with two attached hydrogens (primary N) is 1. The number of rotatable bonds is 2. The highest BCUT2D eigenvalue weighted by molar-refractivity contribution is 9.10. The van der Waals surface area contributed by atoms with Gasteiger partial charge in [-0.25, -0.2) is 4.98 Å². The molecule has 2 N–H and O–H groups in total. The van der Waals surface area contributed by atoms with Gasteiger partial charge in [0.2, 0.25) is 0 Å². The van der Waals surface area contributed by atoms with Crippen molar-refractivity contribution in [2.45, 2.75) is 6.54 Å². The second kappa shape index (κ2) is 4.21. The molecular weight excluding hydrogens is 260 g/mol. The Kier molecular flexibility index (Phi) is 2.96. The Morgan fingerprint density at radius 3 is 2.93 bits per heavy atom. The van der Waals surface area contributed by atoms with Crippen LogP contribution in [0.1, 0.15) is 5.01 Å². The second-order valence-corrected chi connectivity index (χ2v) is 4.86. The van der Waals surface area contributed by atoms with Crippen LogP contribution in [0.5, 0.6) is 0 Å². The zero-order valence-electron chi connectivity index (χ0n) is 7.40. The molecule has 0 aliphatic rings. The molecule has 2 rings (SSSR count). The minimum absolute atomic E-state index is 0.513. The topological polar surface area (TPSA) is 38.9 Å². The number of hydrogen-bond donors (Lipinski definition) is 1. The van der Waals surface area contributed by atoms with Crippen LogP contribution in [0.3, 0.4) is 0 Å².